The average Bonchev–Trinajstić information content (AvgIpc) is 3.13. The quantitative estimate of drug-likeness (QED) is 0.406. The highest BCUT2D eigenvalue weighted by molar-refractivity contribution is 8.00. The molecule has 3 rings (SSSR count). The molecule has 0 spiro atoms. The fourth-order valence-electron chi connectivity index (χ4n) is 2.14. The van der Waals surface area contributed by atoms with Crippen LogP contribution in [0.4, 0.5) is 0 Å². The number of fused-ring (bicyclic) bond motifs is 1. The SMILES string of the molecule is COC(=O)c1ccc(CNC(=O)CSc2ncnc3sccc23)cc1. The summed E-state index contributed by atoms with van der Waals surface area (Å²) in [4.78, 5) is 32.8. The lowest BCUT2D eigenvalue weighted by molar-refractivity contribution is -0.118. The van der Waals surface area contributed by atoms with E-state index in [-0.39, 0.29) is 17.6 Å². The number of thioether (sulfide) groups is 1. The normalized spacial score (nSPS) is 10.6. The number of esters is 1. The lowest BCUT2D eigenvalue weighted by Crippen LogP contribution is -2.24. The van der Waals surface area contributed by atoms with Crippen molar-refractivity contribution in [1.82, 2.24) is 15.3 Å². The van der Waals surface area contributed by atoms with Gasteiger partial charge in [0, 0.05) is 11.9 Å². The summed E-state index contributed by atoms with van der Waals surface area (Å²) in [5, 5.41) is 6.60. The van der Waals surface area contributed by atoms with Crippen LogP contribution in [0.5, 0.6) is 0 Å². The predicted molar refractivity (Wildman–Crippen MR) is 97.8 cm³/mol. The van der Waals surface area contributed by atoms with E-state index in [2.05, 4.69) is 20.0 Å². The number of hydrogen-bond donors (Lipinski definition) is 1. The van der Waals surface area contributed by atoms with E-state index in [9.17, 15) is 9.59 Å². The molecule has 128 valence electrons. The van der Waals surface area contributed by atoms with E-state index in [1.807, 2.05) is 11.4 Å². The van der Waals surface area contributed by atoms with Crippen molar-refractivity contribution in [2.75, 3.05) is 12.9 Å². The number of hydrogen-bond acceptors (Lipinski definition) is 7. The Balaban J connectivity index is 1.51. The van der Waals surface area contributed by atoms with Gasteiger partial charge in [0.1, 0.15) is 16.2 Å². The highest BCUT2D eigenvalue weighted by Gasteiger charge is 2.09. The molecule has 0 aliphatic carbocycles. The van der Waals surface area contributed by atoms with Crippen LogP contribution in [0.25, 0.3) is 10.2 Å². The second-order valence-corrected chi connectivity index (χ2v) is 6.93. The molecular formula is C17H15N3O3S2. The Kier molecular flexibility index (Phi) is 5.62. The van der Waals surface area contributed by atoms with Gasteiger partial charge in [-0.1, -0.05) is 23.9 Å². The fourth-order valence-corrected chi connectivity index (χ4v) is 3.75. The Labute approximate surface area is 152 Å². The van der Waals surface area contributed by atoms with E-state index in [1.165, 1.54) is 25.2 Å². The summed E-state index contributed by atoms with van der Waals surface area (Å²) in [5.74, 6) is -0.178. The van der Waals surface area contributed by atoms with E-state index in [0.29, 0.717) is 12.1 Å². The van der Waals surface area contributed by atoms with Crippen molar-refractivity contribution < 1.29 is 14.3 Å². The highest BCUT2D eigenvalue weighted by atomic mass is 32.2. The number of ether oxygens (including phenoxy) is 1. The molecule has 2 aromatic heterocycles. The van der Waals surface area contributed by atoms with E-state index in [4.69, 9.17) is 0 Å². The van der Waals surface area contributed by atoms with Crippen LogP contribution in [-0.4, -0.2) is 34.7 Å². The van der Waals surface area contributed by atoms with E-state index >= 15 is 0 Å². The minimum absolute atomic E-state index is 0.0796. The van der Waals surface area contributed by atoms with Crippen LogP contribution >= 0.6 is 23.1 Å². The average molecular weight is 373 g/mol. The second kappa shape index (κ2) is 8.09. The lowest BCUT2D eigenvalue weighted by Gasteiger charge is -2.06. The van der Waals surface area contributed by atoms with Gasteiger partial charge in [-0.2, -0.15) is 0 Å². The molecule has 6 nitrogen and oxygen atoms in total. The van der Waals surface area contributed by atoms with E-state index in [1.54, 1.807) is 35.6 Å². The number of nitrogens with one attached hydrogen (secondary N) is 1. The number of nitrogens with zero attached hydrogens (tertiary/aromatic N) is 2. The van der Waals surface area contributed by atoms with Gasteiger partial charge in [0.15, 0.2) is 0 Å². The molecule has 0 unspecified atom stereocenters. The van der Waals surface area contributed by atoms with Crippen molar-refractivity contribution in [3.8, 4) is 0 Å². The summed E-state index contributed by atoms with van der Waals surface area (Å²) >= 11 is 2.94. The van der Waals surface area contributed by atoms with Gasteiger partial charge < -0.3 is 10.1 Å². The van der Waals surface area contributed by atoms with Crippen molar-refractivity contribution in [2.24, 2.45) is 0 Å². The van der Waals surface area contributed by atoms with Crippen LogP contribution in [0.15, 0.2) is 47.1 Å². The van der Waals surface area contributed by atoms with Gasteiger partial charge in [-0.15, -0.1) is 11.3 Å². The maximum atomic E-state index is 12.0. The molecule has 8 heteroatoms. The maximum Gasteiger partial charge on any atom is 0.337 e. The Morgan fingerprint density at radius 2 is 2.00 bits per heavy atom. The van der Waals surface area contributed by atoms with Gasteiger partial charge in [0.05, 0.1) is 18.4 Å². The molecule has 0 aliphatic heterocycles. The molecular weight excluding hydrogens is 358 g/mol. The number of rotatable bonds is 6. The Hall–Kier alpha value is -2.45. The third-order valence-corrected chi connectivity index (χ3v) is 5.26. The molecule has 0 fully saturated rings. The summed E-state index contributed by atoms with van der Waals surface area (Å²) in [6.45, 7) is 0.401. The third-order valence-electron chi connectivity index (χ3n) is 3.43. The van der Waals surface area contributed by atoms with Gasteiger partial charge >= 0.3 is 5.97 Å². The highest BCUT2D eigenvalue weighted by Crippen LogP contribution is 2.27. The molecule has 25 heavy (non-hydrogen) atoms. The molecule has 0 aliphatic rings. The molecule has 1 amide bonds. The zero-order chi connectivity index (χ0) is 17.6. The number of methoxy groups -OCH3 is 1. The number of benzene rings is 1. The van der Waals surface area contributed by atoms with Gasteiger partial charge in [0.25, 0.3) is 0 Å². The Morgan fingerprint density at radius 1 is 1.20 bits per heavy atom. The van der Waals surface area contributed by atoms with Crippen molar-refractivity contribution >= 4 is 45.2 Å². The molecule has 3 aromatic rings. The predicted octanol–water partition coefficient (Wildman–Crippen LogP) is 2.89. The first kappa shape index (κ1) is 17.4. The zero-order valence-corrected chi connectivity index (χ0v) is 15.0. The topological polar surface area (TPSA) is 81.2 Å². The first-order chi connectivity index (χ1) is 12.2. The van der Waals surface area contributed by atoms with Crippen LogP contribution in [0, 0.1) is 0 Å². The summed E-state index contributed by atoms with van der Waals surface area (Å²) in [7, 11) is 1.34. The van der Waals surface area contributed by atoms with Gasteiger partial charge in [-0.05, 0) is 29.1 Å². The van der Waals surface area contributed by atoms with Gasteiger partial charge in [0.2, 0.25) is 5.91 Å². The molecule has 1 aromatic carbocycles. The number of aromatic nitrogens is 2. The Morgan fingerprint density at radius 3 is 2.76 bits per heavy atom. The molecule has 0 saturated heterocycles. The molecule has 0 bridgehead atoms. The minimum atomic E-state index is -0.378. The van der Waals surface area contributed by atoms with Gasteiger partial charge in [-0.25, -0.2) is 14.8 Å². The summed E-state index contributed by atoms with van der Waals surface area (Å²) in [6.07, 6.45) is 1.52. The van der Waals surface area contributed by atoms with Crippen LogP contribution in [-0.2, 0) is 16.1 Å². The van der Waals surface area contributed by atoms with Crippen LogP contribution in [0.3, 0.4) is 0 Å². The third kappa shape index (κ3) is 4.34. The first-order valence-corrected chi connectivity index (χ1v) is 9.29. The fraction of sp³-hybridized carbons (Fsp3) is 0.176. The van der Waals surface area contributed by atoms with Gasteiger partial charge in [-0.3, -0.25) is 4.79 Å². The van der Waals surface area contributed by atoms with Crippen LogP contribution < -0.4 is 5.32 Å². The van der Waals surface area contributed by atoms with Crippen LogP contribution in [0.2, 0.25) is 0 Å². The summed E-state index contributed by atoms with van der Waals surface area (Å²) < 4.78 is 4.65. The monoisotopic (exact) mass is 373 g/mol. The van der Waals surface area contributed by atoms with E-state index < -0.39 is 0 Å². The zero-order valence-electron chi connectivity index (χ0n) is 13.4. The second-order valence-electron chi connectivity index (χ2n) is 5.07. The van der Waals surface area contributed by atoms with E-state index in [0.717, 1.165) is 20.8 Å². The van der Waals surface area contributed by atoms with Crippen molar-refractivity contribution in [1.29, 1.82) is 0 Å². The maximum absolute atomic E-state index is 12.0. The number of carbonyl (C=O) groups excluding carboxylic acids is 2. The number of amides is 1. The summed E-state index contributed by atoms with van der Waals surface area (Å²) in [5.41, 5.74) is 1.39. The molecule has 0 atom stereocenters. The largest absolute Gasteiger partial charge is 0.465 e. The number of carbonyl (C=O) groups is 2. The minimum Gasteiger partial charge on any atom is -0.465 e. The smallest absolute Gasteiger partial charge is 0.337 e. The van der Waals surface area contributed by atoms with Crippen molar-refractivity contribution in [3.63, 3.8) is 0 Å². The molecule has 0 radical (unpaired) electrons. The van der Waals surface area contributed by atoms with Crippen molar-refractivity contribution in [2.45, 2.75) is 11.6 Å². The standard InChI is InChI=1S/C17H15N3O3S2/c1-23-17(22)12-4-2-11(3-5-12)8-18-14(21)9-25-16-13-6-7-24-15(13)19-10-20-16/h2-7,10H,8-9H2,1H3,(H,18,21). The summed E-state index contributed by atoms with van der Waals surface area (Å²) in [6, 6.07) is 8.90. The lowest BCUT2D eigenvalue weighted by atomic mass is 10.1. The molecule has 1 N–H and O–H groups in total. The molecule has 2 heterocycles. The first-order valence-electron chi connectivity index (χ1n) is 7.42. The van der Waals surface area contributed by atoms with Crippen LogP contribution in [0.1, 0.15) is 15.9 Å². The molecule has 0 saturated carbocycles. The Bertz CT molecular complexity index is 894. The van der Waals surface area contributed by atoms with Crippen molar-refractivity contribution in [3.05, 3.63) is 53.2 Å². The number of thiophene rings is 1.